The second-order valence-electron chi connectivity index (χ2n) is 2.79. The number of carbonyl (C=O) groups is 1. The Morgan fingerprint density at radius 2 is 2.23 bits per heavy atom. The van der Waals surface area contributed by atoms with E-state index in [4.69, 9.17) is 14.6 Å². The Hall–Kier alpha value is -0.870. The zero-order valence-corrected chi connectivity index (χ0v) is 8.08. The highest BCUT2D eigenvalue weighted by Crippen LogP contribution is 1.98. The molecule has 1 unspecified atom stereocenters. The van der Waals surface area contributed by atoms with Crippen molar-refractivity contribution in [1.82, 2.24) is 0 Å². The lowest BCUT2D eigenvalue weighted by Gasteiger charge is -2.12. The molecule has 0 spiro atoms. The molecule has 76 valence electrons. The van der Waals surface area contributed by atoms with E-state index in [9.17, 15) is 4.79 Å². The van der Waals surface area contributed by atoms with Gasteiger partial charge < -0.3 is 14.6 Å². The van der Waals surface area contributed by atoms with Gasteiger partial charge in [-0.1, -0.05) is 6.58 Å². The first-order chi connectivity index (χ1) is 6.07. The van der Waals surface area contributed by atoms with E-state index in [-0.39, 0.29) is 19.3 Å². The number of rotatable bonds is 6. The van der Waals surface area contributed by atoms with Crippen LogP contribution in [0.3, 0.4) is 0 Å². The van der Waals surface area contributed by atoms with E-state index in [0.717, 1.165) is 0 Å². The summed E-state index contributed by atoms with van der Waals surface area (Å²) in [5.41, 5.74) is 0.369. The SMILES string of the molecule is C=C(C)C(=O)OC(C)COCCO. The minimum atomic E-state index is -0.417. The van der Waals surface area contributed by atoms with Crippen molar-refractivity contribution in [3.05, 3.63) is 12.2 Å². The van der Waals surface area contributed by atoms with Crippen molar-refractivity contribution >= 4 is 5.97 Å². The van der Waals surface area contributed by atoms with Gasteiger partial charge in [0.15, 0.2) is 0 Å². The molecule has 4 nitrogen and oxygen atoms in total. The molecule has 0 rings (SSSR count). The standard InChI is InChI=1S/C9H16O4/c1-7(2)9(11)13-8(3)6-12-5-4-10/h8,10H,1,4-6H2,2-3H3. The maximum absolute atomic E-state index is 11.0. The van der Waals surface area contributed by atoms with Gasteiger partial charge in [-0.2, -0.15) is 0 Å². The van der Waals surface area contributed by atoms with E-state index in [1.807, 2.05) is 0 Å². The Bertz CT molecular complexity index is 176. The minimum Gasteiger partial charge on any atom is -0.457 e. The fraction of sp³-hybridized carbons (Fsp3) is 0.667. The fourth-order valence-corrected chi connectivity index (χ4v) is 0.631. The lowest BCUT2D eigenvalue weighted by molar-refractivity contribution is -0.146. The molecule has 0 aliphatic rings. The first kappa shape index (κ1) is 12.1. The molecule has 1 atom stereocenters. The zero-order valence-electron chi connectivity index (χ0n) is 8.08. The van der Waals surface area contributed by atoms with Gasteiger partial charge in [0.2, 0.25) is 0 Å². The molecular weight excluding hydrogens is 172 g/mol. The molecule has 0 aromatic rings. The van der Waals surface area contributed by atoms with Crippen molar-refractivity contribution in [3.8, 4) is 0 Å². The van der Waals surface area contributed by atoms with Gasteiger partial charge >= 0.3 is 5.97 Å². The molecule has 0 aliphatic carbocycles. The molecule has 1 N–H and O–H groups in total. The quantitative estimate of drug-likeness (QED) is 0.375. The molecule has 0 amide bonds. The summed E-state index contributed by atoms with van der Waals surface area (Å²) >= 11 is 0. The molecule has 4 heteroatoms. The molecule has 0 saturated heterocycles. The predicted molar refractivity (Wildman–Crippen MR) is 48.3 cm³/mol. The lowest BCUT2D eigenvalue weighted by Crippen LogP contribution is -2.21. The lowest BCUT2D eigenvalue weighted by atomic mass is 10.3. The Balaban J connectivity index is 3.55. The van der Waals surface area contributed by atoms with Crippen molar-refractivity contribution in [3.63, 3.8) is 0 Å². The summed E-state index contributed by atoms with van der Waals surface area (Å²) in [5, 5.41) is 8.40. The van der Waals surface area contributed by atoms with Crippen LogP contribution in [0, 0.1) is 0 Å². The second-order valence-corrected chi connectivity index (χ2v) is 2.79. The van der Waals surface area contributed by atoms with E-state index in [1.54, 1.807) is 13.8 Å². The molecule has 13 heavy (non-hydrogen) atoms. The van der Waals surface area contributed by atoms with Crippen LogP contribution >= 0.6 is 0 Å². The normalized spacial score (nSPS) is 12.2. The summed E-state index contributed by atoms with van der Waals surface area (Å²) in [6.07, 6.45) is -0.309. The van der Waals surface area contributed by atoms with Crippen LogP contribution in [0.25, 0.3) is 0 Å². The molecule has 0 saturated carbocycles. The predicted octanol–water partition coefficient (Wildman–Crippen LogP) is 0.503. The summed E-state index contributed by atoms with van der Waals surface area (Å²) < 4.78 is 9.88. The third-order valence-corrected chi connectivity index (χ3v) is 1.24. The minimum absolute atomic E-state index is 0.0266. The number of esters is 1. The van der Waals surface area contributed by atoms with Crippen LogP contribution in [0.1, 0.15) is 13.8 Å². The van der Waals surface area contributed by atoms with Gasteiger partial charge in [0.1, 0.15) is 6.10 Å². The topological polar surface area (TPSA) is 55.8 Å². The molecule has 0 aromatic heterocycles. The number of carbonyl (C=O) groups excluding carboxylic acids is 1. The smallest absolute Gasteiger partial charge is 0.333 e. The number of aliphatic hydroxyl groups excluding tert-OH is 1. The van der Waals surface area contributed by atoms with Gasteiger partial charge in [-0.15, -0.1) is 0 Å². The molecule has 0 fully saturated rings. The van der Waals surface area contributed by atoms with Crippen molar-refractivity contribution in [2.45, 2.75) is 20.0 Å². The van der Waals surface area contributed by atoms with Gasteiger partial charge in [0.05, 0.1) is 19.8 Å². The van der Waals surface area contributed by atoms with Gasteiger partial charge in [-0.25, -0.2) is 4.79 Å². The molecule has 0 aromatic carbocycles. The maximum Gasteiger partial charge on any atom is 0.333 e. The highest BCUT2D eigenvalue weighted by atomic mass is 16.6. The highest BCUT2D eigenvalue weighted by Gasteiger charge is 2.09. The van der Waals surface area contributed by atoms with Gasteiger partial charge in [-0.05, 0) is 13.8 Å². The molecule has 0 aliphatic heterocycles. The van der Waals surface area contributed by atoms with Crippen LogP contribution in [0.15, 0.2) is 12.2 Å². The van der Waals surface area contributed by atoms with Gasteiger partial charge in [-0.3, -0.25) is 0 Å². The molecule has 0 bridgehead atoms. The average molecular weight is 188 g/mol. The second kappa shape index (κ2) is 6.62. The summed E-state index contributed by atoms with van der Waals surface area (Å²) in [7, 11) is 0. The third-order valence-electron chi connectivity index (χ3n) is 1.24. The Labute approximate surface area is 78.2 Å². The van der Waals surface area contributed by atoms with E-state index >= 15 is 0 Å². The van der Waals surface area contributed by atoms with Crippen molar-refractivity contribution in [2.24, 2.45) is 0 Å². The van der Waals surface area contributed by atoms with E-state index in [0.29, 0.717) is 12.2 Å². The number of ether oxygens (including phenoxy) is 2. The van der Waals surface area contributed by atoms with Crippen LogP contribution in [0.4, 0.5) is 0 Å². The summed E-state index contributed by atoms with van der Waals surface area (Å²) in [4.78, 5) is 11.0. The Morgan fingerprint density at radius 1 is 1.62 bits per heavy atom. The largest absolute Gasteiger partial charge is 0.457 e. The van der Waals surface area contributed by atoms with E-state index in [1.165, 1.54) is 0 Å². The van der Waals surface area contributed by atoms with Crippen LogP contribution in [0.5, 0.6) is 0 Å². The van der Waals surface area contributed by atoms with Crippen LogP contribution < -0.4 is 0 Å². The van der Waals surface area contributed by atoms with Crippen LogP contribution in [0.2, 0.25) is 0 Å². The van der Waals surface area contributed by atoms with Gasteiger partial charge in [0.25, 0.3) is 0 Å². The number of hydrogen-bond acceptors (Lipinski definition) is 4. The van der Waals surface area contributed by atoms with Crippen molar-refractivity contribution in [1.29, 1.82) is 0 Å². The summed E-state index contributed by atoms with van der Waals surface area (Å²) in [5.74, 6) is -0.417. The summed E-state index contributed by atoms with van der Waals surface area (Å²) in [6.45, 7) is 7.28. The van der Waals surface area contributed by atoms with Crippen molar-refractivity contribution < 1.29 is 19.4 Å². The number of hydrogen-bond donors (Lipinski definition) is 1. The average Bonchev–Trinajstić information content (AvgIpc) is 2.04. The first-order valence-corrected chi connectivity index (χ1v) is 4.13. The molecule has 0 radical (unpaired) electrons. The molecular formula is C9H16O4. The highest BCUT2D eigenvalue weighted by molar-refractivity contribution is 5.87. The van der Waals surface area contributed by atoms with E-state index in [2.05, 4.69) is 6.58 Å². The van der Waals surface area contributed by atoms with Crippen molar-refractivity contribution in [2.75, 3.05) is 19.8 Å². The number of aliphatic hydroxyl groups is 1. The maximum atomic E-state index is 11.0. The van der Waals surface area contributed by atoms with E-state index < -0.39 is 5.97 Å². The Kier molecular flexibility index (Phi) is 6.18. The Morgan fingerprint density at radius 3 is 2.69 bits per heavy atom. The first-order valence-electron chi connectivity index (χ1n) is 4.13. The van der Waals surface area contributed by atoms with Gasteiger partial charge in [0, 0.05) is 5.57 Å². The van der Waals surface area contributed by atoms with Crippen LogP contribution in [-0.4, -0.2) is 37.0 Å². The zero-order chi connectivity index (χ0) is 10.3. The molecule has 0 heterocycles. The monoisotopic (exact) mass is 188 g/mol. The third kappa shape index (κ3) is 6.31. The van der Waals surface area contributed by atoms with Crippen LogP contribution in [-0.2, 0) is 14.3 Å². The fourth-order valence-electron chi connectivity index (χ4n) is 0.631. The summed E-state index contributed by atoms with van der Waals surface area (Å²) in [6, 6.07) is 0.